The van der Waals surface area contributed by atoms with Crippen molar-refractivity contribution in [2.45, 2.75) is 537 Å². The van der Waals surface area contributed by atoms with Gasteiger partial charge >= 0.3 is 23.1 Å². The molecule has 600 valence electrons. The van der Waals surface area contributed by atoms with Crippen LogP contribution in [0, 0.1) is 0 Å². The van der Waals surface area contributed by atoms with Gasteiger partial charge in [0.05, 0.1) is 9.79 Å². The second-order valence-electron chi connectivity index (χ2n) is 32.6. The minimum Gasteiger partial charge on any atom is -0.744 e. The van der Waals surface area contributed by atoms with E-state index in [0.29, 0.717) is 0 Å². The molecular formula is C94H174MgO6S2. The second kappa shape index (κ2) is 82.0. The summed E-state index contributed by atoms with van der Waals surface area (Å²) in [5.41, 5.74) is 1.90. The Morgan fingerprint density at radius 2 is 0.311 bits per heavy atom. The Morgan fingerprint density at radius 3 is 0.427 bits per heavy atom. The summed E-state index contributed by atoms with van der Waals surface area (Å²) in [7, 11) is -8.70. The van der Waals surface area contributed by atoms with Gasteiger partial charge in [0.1, 0.15) is 20.2 Å². The standard InChI is InChI=1S/2C47H88O3S.Mg/c2*1-2-3-4-5-6-7-8-9-10-11-12-13-14-15-16-17-18-19-20-21-22-23-24-25-26-27-28-29-30-31-32-33-34-35-36-37-38-39-40-42-46-43-41-44-47(45-46)51(48,49)50;/h2*41,43-45H,2-40,42H2,1H3,(H,48,49,50);/q;;+2/p-2. The number of hydrogen-bond acceptors (Lipinski definition) is 6. The van der Waals surface area contributed by atoms with E-state index in [2.05, 4.69) is 13.8 Å². The maximum atomic E-state index is 11.2. The van der Waals surface area contributed by atoms with Crippen LogP contribution in [0.15, 0.2) is 58.3 Å². The predicted octanol–water partition coefficient (Wildman–Crippen LogP) is 32.4. The molecule has 6 nitrogen and oxygen atoms in total. The van der Waals surface area contributed by atoms with Gasteiger partial charge in [-0.15, -0.1) is 0 Å². The van der Waals surface area contributed by atoms with Gasteiger partial charge in [-0.3, -0.25) is 0 Å². The van der Waals surface area contributed by atoms with E-state index < -0.39 is 20.2 Å². The summed E-state index contributed by atoms with van der Waals surface area (Å²) in [5, 5.41) is 0. The molecule has 0 aromatic heterocycles. The molecule has 0 N–H and O–H groups in total. The zero-order valence-corrected chi connectivity index (χ0v) is 72.2. The van der Waals surface area contributed by atoms with Crippen LogP contribution in [0.25, 0.3) is 0 Å². The monoisotopic (exact) mass is 1490 g/mol. The van der Waals surface area contributed by atoms with E-state index in [1.807, 2.05) is 12.1 Å². The SMILES string of the molecule is CCCCCCCCCCCCCCCCCCCCCCCCCCCCCCCCCCCCCCCCCc1cccc(S(=O)(=O)[O-])c1.CCCCCCCCCCCCCCCCCCCCCCCCCCCCCCCCCCCCCCCCCc1cccc(S(=O)(=O)[O-])c1.[Mg+2]. The largest absolute Gasteiger partial charge is 2.00 e. The van der Waals surface area contributed by atoms with E-state index in [0.717, 1.165) is 36.8 Å². The Labute approximate surface area is 661 Å². The Morgan fingerprint density at radius 1 is 0.194 bits per heavy atom. The summed E-state index contributed by atoms with van der Waals surface area (Å²) in [6, 6.07) is 13.0. The molecule has 2 aromatic carbocycles. The van der Waals surface area contributed by atoms with Crippen LogP contribution in [0.4, 0.5) is 0 Å². The van der Waals surface area contributed by atoms with Crippen LogP contribution in [-0.2, 0) is 33.1 Å². The van der Waals surface area contributed by atoms with Crippen molar-refractivity contribution >= 4 is 43.3 Å². The summed E-state index contributed by atoms with van der Waals surface area (Å²) >= 11 is 0. The molecule has 0 aliphatic carbocycles. The van der Waals surface area contributed by atoms with Crippen LogP contribution in [-0.4, -0.2) is 49.0 Å². The van der Waals surface area contributed by atoms with Crippen molar-refractivity contribution in [3.8, 4) is 0 Å². The third-order valence-electron chi connectivity index (χ3n) is 22.5. The van der Waals surface area contributed by atoms with E-state index in [-0.39, 0.29) is 32.8 Å². The fourth-order valence-electron chi connectivity index (χ4n) is 15.6. The molecular weight excluding hydrogens is 1310 g/mol. The fraction of sp³-hybridized carbons (Fsp3) is 0.872. The average Bonchev–Trinajstić information content (AvgIpc) is 0.872. The van der Waals surface area contributed by atoms with Gasteiger partial charge in [-0.25, -0.2) is 16.8 Å². The average molecular weight is 1490 g/mol. The van der Waals surface area contributed by atoms with Crippen molar-refractivity contribution in [3.05, 3.63) is 59.7 Å². The maximum Gasteiger partial charge on any atom is 2.00 e. The Balaban J connectivity index is 0.00000200. The van der Waals surface area contributed by atoms with Crippen LogP contribution in [0.2, 0.25) is 0 Å². The van der Waals surface area contributed by atoms with Gasteiger partial charge in [-0.2, -0.15) is 0 Å². The van der Waals surface area contributed by atoms with Gasteiger partial charge in [-0.05, 0) is 61.1 Å². The van der Waals surface area contributed by atoms with Gasteiger partial charge in [-0.1, -0.05) is 526 Å². The Bertz CT molecular complexity index is 2050. The van der Waals surface area contributed by atoms with Crippen molar-refractivity contribution in [1.29, 1.82) is 0 Å². The molecule has 2 rings (SSSR count). The van der Waals surface area contributed by atoms with Crippen molar-refractivity contribution < 1.29 is 25.9 Å². The Kier molecular flexibility index (Phi) is 81.2. The first-order chi connectivity index (χ1) is 50.1. The molecule has 0 unspecified atom stereocenters. The summed E-state index contributed by atoms with van der Waals surface area (Å²) in [6.07, 6.45) is 113. The molecule has 0 aliphatic heterocycles. The van der Waals surface area contributed by atoms with Crippen LogP contribution >= 0.6 is 0 Å². The van der Waals surface area contributed by atoms with Gasteiger partial charge in [0.15, 0.2) is 0 Å². The first-order valence-electron chi connectivity index (χ1n) is 46.2. The molecule has 0 atom stereocenters. The first-order valence-corrected chi connectivity index (χ1v) is 49.0. The van der Waals surface area contributed by atoms with Crippen molar-refractivity contribution in [3.63, 3.8) is 0 Å². The van der Waals surface area contributed by atoms with Gasteiger partial charge in [0.2, 0.25) is 0 Å². The van der Waals surface area contributed by atoms with Gasteiger partial charge in [0.25, 0.3) is 0 Å². The zero-order valence-electron chi connectivity index (χ0n) is 69.2. The number of rotatable bonds is 82. The summed E-state index contributed by atoms with van der Waals surface area (Å²) < 4.78 is 67.0. The Hall–Kier alpha value is -0.974. The van der Waals surface area contributed by atoms with E-state index in [4.69, 9.17) is 0 Å². The van der Waals surface area contributed by atoms with Gasteiger partial charge < -0.3 is 9.11 Å². The number of benzene rings is 2. The zero-order chi connectivity index (χ0) is 73.5. The summed E-state index contributed by atoms with van der Waals surface area (Å²) in [4.78, 5) is -0.210. The van der Waals surface area contributed by atoms with E-state index in [1.165, 1.54) is 512 Å². The van der Waals surface area contributed by atoms with Crippen LogP contribution in [0.3, 0.4) is 0 Å². The molecule has 0 spiro atoms. The minimum atomic E-state index is -4.35. The number of aryl methyl sites for hydroxylation is 2. The summed E-state index contributed by atoms with van der Waals surface area (Å²) in [5.74, 6) is 0. The molecule has 0 saturated carbocycles. The predicted molar refractivity (Wildman–Crippen MR) is 453 cm³/mol. The molecule has 0 fully saturated rings. The van der Waals surface area contributed by atoms with Crippen LogP contribution in [0.5, 0.6) is 0 Å². The molecule has 2 aromatic rings. The molecule has 0 saturated heterocycles. The van der Waals surface area contributed by atoms with E-state index in [9.17, 15) is 25.9 Å². The molecule has 0 aliphatic rings. The molecule has 0 bridgehead atoms. The van der Waals surface area contributed by atoms with E-state index >= 15 is 0 Å². The normalized spacial score (nSPS) is 11.8. The summed E-state index contributed by atoms with van der Waals surface area (Å²) in [6.45, 7) is 4.61. The van der Waals surface area contributed by atoms with Crippen LogP contribution < -0.4 is 0 Å². The van der Waals surface area contributed by atoms with Crippen molar-refractivity contribution in [1.82, 2.24) is 0 Å². The quantitative estimate of drug-likeness (QED) is 0.0370. The third-order valence-corrected chi connectivity index (χ3v) is 24.2. The fourth-order valence-corrected chi connectivity index (χ4v) is 16.7. The number of hydrogen-bond donors (Lipinski definition) is 0. The van der Waals surface area contributed by atoms with Crippen LogP contribution in [0.1, 0.15) is 526 Å². The molecule has 9 heteroatoms. The topological polar surface area (TPSA) is 114 Å². The molecule has 0 amide bonds. The molecule has 0 radical (unpaired) electrons. The molecule has 0 heterocycles. The second-order valence-corrected chi connectivity index (χ2v) is 35.3. The number of unbranched alkanes of at least 4 members (excludes halogenated alkanes) is 76. The maximum absolute atomic E-state index is 11.2. The van der Waals surface area contributed by atoms with E-state index in [1.54, 1.807) is 12.1 Å². The molecule has 103 heavy (non-hydrogen) atoms. The first kappa shape index (κ1) is 102. The van der Waals surface area contributed by atoms with Crippen molar-refractivity contribution in [2.75, 3.05) is 0 Å². The third kappa shape index (κ3) is 77.5. The minimum absolute atomic E-state index is 0. The van der Waals surface area contributed by atoms with Crippen molar-refractivity contribution in [2.24, 2.45) is 0 Å². The van der Waals surface area contributed by atoms with Gasteiger partial charge in [0, 0.05) is 0 Å². The smallest absolute Gasteiger partial charge is 0.744 e.